The zero-order valence-electron chi connectivity index (χ0n) is 14.5. The third-order valence-electron chi connectivity index (χ3n) is 3.77. The highest BCUT2D eigenvalue weighted by molar-refractivity contribution is 9.10. The van der Waals surface area contributed by atoms with Gasteiger partial charge >= 0.3 is 0 Å². The van der Waals surface area contributed by atoms with Crippen LogP contribution < -0.4 is 15.0 Å². The third-order valence-corrected chi connectivity index (χ3v) is 4.39. The van der Waals surface area contributed by atoms with E-state index in [9.17, 15) is 9.59 Å². The molecule has 6 heteroatoms. The maximum atomic E-state index is 12.0. The van der Waals surface area contributed by atoms with Gasteiger partial charge < -0.3 is 15.0 Å². The molecule has 2 aromatic carbocycles. The summed E-state index contributed by atoms with van der Waals surface area (Å²) in [5.74, 6) is 0.328. The average molecular weight is 405 g/mol. The molecule has 0 aromatic heterocycles. The van der Waals surface area contributed by atoms with E-state index in [1.165, 1.54) is 17.4 Å². The minimum absolute atomic E-state index is 0.0511. The minimum atomic E-state index is -0.251. The van der Waals surface area contributed by atoms with E-state index >= 15 is 0 Å². The molecule has 2 rings (SSSR count). The molecule has 0 atom stereocenters. The van der Waals surface area contributed by atoms with Gasteiger partial charge in [0.2, 0.25) is 5.91 Å². The van der Waals surface area contributed by atoms with Crippen molar-refractivity contribution in [3.8, 4) is 5.75 Å². The number of amides is 2. The van der Waals surface area contributed by atoms with E-state index in [-0.39, 0.29) is 18.4 Å². The molecule has 2 amide bonds. The van der Waals surface area contributed by atoms with Crippen LogP contribution in [0.2, 0.25) is 0 Å². The van der Waals surface area contributed by atoms with Gasteiger partial charge in [0.25, 0.3) is 5.91 Å². The van der Waals surface area contributed by atoms with Gasteiger partial charge in [-0.1, -0.05) is 13.0 Å². The van der Waals surface area contributed by atoms with Crippen molar-refractivity contribution in [3.05, 3.63) is 52.5 Å². The molecule has 0 radical (unpaired) electrons. The number of rotatable bonds is 6. The van der Waals surface area contributed by atoms with Crippen LogP contribution in [0.1, 0.15) is 19.4 Å². The number of benzene rings is 2. The molecule has 0 aliphatic carbocycles. The maximum Gasteiger partial charge on any atom is 0.262 e. The van der Waals surface area contributed by atoms with E-state index in [0.717, 1.165) is 16.6 Å². The van der Waals surface area contributed by atoms with Crippen molar-refractivity contribution in [2.75, 3.05) is 23.9 Å². The van der Waals surface area contributed by atoms with Gasteiger partial charge in [0, 0.05) is 25.3 Å². The van der Waals surface area contributed by atoms with Crippen molar-refractivity contribution in [1.82, 2.24) is 0 Å². The van der Waals surface area contributed by atoms with Crippen LogP contribution in [0, 0.1) is 0 Å². The summed E-state index contributed by atoms with van der Waals surface area (Å²) in [7, 11) is 1.70. The van der Waals surface area contributed by atoms with Crippen LogP contribution in [0.5, 0.6) is 5.75 Å². The smallest absolute Gasteiger partial charge is 0.262 e. The number of carbonyl (C=O) groups excluding carboxylic acids is 2. The zero-order chi connectivity index (χ0) is 18.4. The first-order valence-electron chi connectivity index (χ1n) is 7.96. The summed E-state index contributed by atoms with van der Waals surface area (Å²) in [4.78, 5) is 24.9. The number of aryl methyl sites for hydroxylation is 1. The van der Waals surface area contributed by atoms with Crippen LogP contribution in [0.3, 0.4) is 0 Å². The first-order chi connectivity index (χ1) is 11.9. The molecule has 5 nitrogen and oxygen atoms in total. The number of ether oxygens (including phenoxy) is 1. The van der Waals surface area contributed by atoms with Crippen LogP contribution >= 0.6 is 15.9 Å². The first-order valence-corrected chi connectivity index (χ1v) is 8.75. The lowest BCUT2D eigenvalue weighted by Gasteiger charge is -2.15. The van der Waals surface area contributed by atoms with E-state index in [1.54, 1.807) is 31.3 Å². The number of carbonyl (C=O) groups is 2. The molecule has 0 fully saturated rings. The van der Waals surface area contributed by atoms with Crippen molar-refractivity contribution >= 4 is 39.1 Å². The van der Waals surface area contributed by atoms with Gasteiger partial charge in [-0.2, -0.15) is 0 Å². The van der Waals surface area contributed by atoms with Crippen LogP contribution in [-0.2, 0) is 16.0 Å². The number of anilines is 2. The Morgan fingerprint density at radius 1 is 1.16 bits per heavy atom. The molecule has 0 spiro atoms. The Hall–Kier alpha value is -2.34. The van der Waals surface area contributed by atoms with Crippen molar-refractivity contribution < 1.29 is 14.3 Å². The molecule has 0 bridgehead atoms. The van der Waals surface area contributed by atoms with Crippen molar-refractivity contribution in [2.45, 2.75) is 20.3 Å². The maximum absolute atomic E-state index is 12.0. The molecule has 132 valence electrons. The molecule has 0 saturated heterocycles. The third kappa shape index (κ3) is 5.32. The van der Waals surface area contributed by atoms with Gasteiger partial charge in [-0.05, 0) is 64.3 Å². The number of hydrogen-bond acceptors (Lipinski definition) is 3. The zero-order valence-corrected chi connectivity index (χ0v) is 16.1. The van der Waals surface area contributed by atoms with Gasteiger partial charge in [-0.3, -0.25) is 9.59 Å². The summed E-state index contributed by atoms with van der Waals surface area (Å²) in [6.07, 6.45) is 0.939. The quantitative estimate of drug-likeness (QED) is 0.790. The lowest BCUT2D eigenvalue weighted by atomic mass is 10.2. The van der Waals surface area contributed by atoms with E-state index in [4.69, 9.17) is 4.74 Å². The summed E-state index contributed by atoms with van der Waals surface area (Å²) in [5.41, 5.74) is 2.61. The highest BCUT2D eigenvalue weighted by atomic mass is 79.9. The SMILES string of the molecule is CCc1ccc(OCC(=O)Nc2ccc(N(C)C(C)=O)cc2)c(Br)c1. The monoisotopic (exact) mass is 404 g/mol. The minimum Gasteiger partial charge on any atom is -0.483 e. The lowest BCUT2D eigenvalue weighted by Crippen LogP contribution is -2.23. The van der Waals surface area contributed by atoms with Gasteiger partial charge in [0.15, 0.2) is 6.61 Å². The molecule has 1 N–H and O–H groups in total. The van der Waals surface area contributed by atoms with Gasteiger partial charge in [-0.15, -0.1) is 0 Å². The highest BCUT2D eigenvalue weighted by Gasteiger charge is 2.08. The number of nitrogens with zero attached hydrogens (tertiary/aromatic N) is 1. The summed E-state index contributed by atoms with van der Waals surface area (Å²) >= 11 is 3.45. The van der Waals surface area contributed by atoms with Gasteiger partial charge in [-0.25, -0.2) is 0 Å². The second-order valence-corrected chi connectivity index (χ2v) is 6.43. The molecular formula is C19H21BrN2O3. The summed E-state index contributed by atoms with van der Waals surface area (Å²) in [6, 6.07) is 12.9. The molecule has 2 aromatic rings. The lowest BCUT2D eigenvalue weighted by molar-refractivity contribution is -0.118. The van der Waals surface area contributed by atoms with Gasteiger partial charge in [0.05, 0.1) is 4.47 Å². The van der Waals surface area contributed by atoms with Crippen molar-refractivity contribution in [2.24, 2.45) is 0 Å². The fourth-order valence-electron chi connectivity index (χ4n) is 2.17. The Morgan fingerprint density at radius 3 is 2.40 bits per heavy atom. The van der Waals surface area contributed by atoms with Crippen LogP contribution in [0.25, 0.3) is 0 Å². The predicted molar refractivity (Wildman–Crippen MR) is 103 cm³/mol. The Labute approximate surface area is 156 Å². The molecule has 0 saturated carbocycles. The first kappa shape index (κ1) is 19.0. The number of hydrogen-bond donors (Lipinski definition) is 1. The van der Waals surface area contributed by atoms with Crippen molar-refractivity contribution in [3.63, 3.8) is 0 Å². The van der Waals surface area contributed by atoms with E-state index in [1.807, 2.05) is 18.2 Å². The van der Waals surface area contributed by atoms with E-state index in [0.29, 0.717) is 11.4 Å². The topological polar surface area (TPSA) is 58.6 Å². The largest absolute Gasteiger partial charge is 0.483 e. The summed E-state index contributed by atoms with van der Waals surface area (Å²) in [6.45, 7) is 3.49. The van der Waals surface area contributed by atoms with Gasteiger partial charge in [0.1, 0.15) is 5.75 Å². The molecule has 25 heavy (non-hydrogen) atoms. The number of nitrogens with one attached hydrogen (secondary N) is 1. The van der Waals surface area contributed by atoms with Crippen LogP contribution in [-0.4, -0.2) is 25.5 Å². The Balaban J connectivity index is 1.91. The van der Waals surface area contributed by atoms with E-state index in [2.05, 4.69) is 28.2 Å². The van der Waals surface area contributed by atoms with E-state index < -0.39 is 0 Å². The molecule has 0 heterocycles. The second kappa shape index (κ2) is 8.67. The average Bonchev–Trinajstić information content (AvgIpc) is 2.60. The Kier molecular flexibility index (Phi) is 6.58. The highest BCUT2D eigenvalue weighted by Crippen LogP contribution is 2.26. The molecular weight excluding hydrogens is 384 g/mol. The second-order valence-electron chi connectivity index (χ2n) is 5.58. The van der Waals surface area contributed by atoms with Crippen molar-refractivity contribution in [1.29, 1.82) is 0 Å². The Morgan fingerprint density at radius 2 is 1.84 bits per heavy atom. The molecule has 0 aliphatic heterocycles. The van der Waals surface area contributed by atoms with Crippen LogP contribution in [0.4, 0.5) is 11.4 Å². The Bertz CT molecular complexity index is 760. The standard InChI is InChI=1S/C19H21BrN2O3/c1-4-14-5-10-18(17(20)11-14)25-12-19(24)21-15-6-8-16(9-7-15)22(3)13(2)23/h5-11H,4,12H2,1-3H3,(H,21,24). The predicted octanol–water partition coefficient (Wildman–Crippen LogP) is 4.01. The van der Waals surface area contributed by atoms with Crippen LogP contribution in [0.15, 0.2) is 46.9 Å². The molecule has 0 aliphatic rings. The normalized spacial score (nSPS) is 10.2. The fourth-order valence-corrected chi connectivity index (χ4v) is 2.71. The summed E-state index contributed by atoms with van der Waals surface area (Å²) < 4.78 is 6.38. The summed E-state index contributed by atoms with van der Waals surface area (Å²) in [5, 5.41) is 2.77. The fraction of sp³-hybridized carbons (Fsp3) is 0.263. The molecule has 0 unspecified atom stereocenters. The number of halogens is 1.